The van der Waals surface area contributed by atoms with Gasteiger partial charge in [0.15, 0.2) is 5.96 Å². The Hall–Kier alpha value is -2.82. The standard InChI is InChI=1S/C21H25N3O2/c1-21(14-19(25)24(2)20(22)23-21)11-10-15-6-4-7-16(12-15)17-8-5-9-18(13-17)26-3/h4-9,12-13H,10-11,14H2,1-3H3,(H2,22,23)/t21-/m1/s1. The van der Waals surface area contributed by atoms with Gasteiger partial charge in [-0.1, -0.05) is 36.4 Å². The molecule has 0 spiro atoms. The van der Waals surface area contributed by atoms with Crippen LogP contribution in [0.1, 0.15) is 25.3 Å². The molecule has 0 unspecified atom stereocenters. The number of benzene rings is 2. The topological polar surface area (TPSA) is 67.9 Å². The molecule has 0 aromatic heterocycles. The Morgan fingerprint density at radius 1 is 1.19 bits per heavy atom. The summed E-state index contributed by atoms with van der Waals surface area (Å²) in [5, 5.41) is 0. The third kappa shape index (κ3) is 3.87. The highest BCUT2D eigenvalue weighted by molar-refractivity contribution is 5.98. The van der Waals surface area contributed by atoms with Crippen LogP contribution < -0.4 is 10.5 Å². The van der Waals surface area contributed by atoms with Gasteiger partial charge in [0.05, 0.1) is 19.1 Å². The van der Waals surface area contributed by atoms with E-state index in [0.717, 1.165) is 29.7 Å². The van der Waals surface area contributed by atoms with Crippen LogP contribution in [0.2, 0.25) is 0 Å². The van der Waals surface area contributed by atoms with Crippen LogP contribution >= 0.6 is 0 Å². The summed E-state index contributed by atoms with van der Waals surface area (Å²) in [6.45, 7) is 2.00. The summed E-state index contributed by atoms with van der Waals surface area (Å²) >= 11 is 0. The molecule has 1 amide bonds. The fraction of sp³-hybridized carbons (Fsp3) is 0.333. The number of carbonyl (C=O) groups excluding carboxylic acids is 1. The Labute approximate surface area is 154 Å². The summed E-state index contributed by atoms with van der Waals surface area (Å²) in [6.07, 6.45) is 2.00. The molecule has 2 aromatic carbocycles. The Morgan fingerprint density at radius 2 is 1.88 bits per heavy atom. The quantitative estimate of drug-likeness (QED) is 0.899. The van der Waals surface area contributed by atoms with Crippen molar-refractivity contribution in [3.8, 4) is 16.9 Å². The second kappa shape index (κ2) is 7.20. The highest BCUT2D eigenvalue weighted by Crippen LogP contribution is 2.29. The van der Waals surface area contributed by atoms with Crippen molar-refractivity contribution in [3.63, 3.8) is 0 Å². The molecule has 5 nitrogen and oxygen atoms in total. The summed E-state index contributed by atoms with van der Waals surface area (Å²) in [5.74, 6) is 1.16. The van der Waals surface area contributed by atoms with Gasteiger partial charge in [-0.05, 0) is 48.6 Å². The Bertz CT molecular complexity index is 847. The van der Waals surface area contributed by atoms with Gasteiger partial charge in [-0.3, -0.25) is 9.69 Å². The van der Waals surface area contributed by atoms with Crippen LogP contribution in [-0.4, -0.2) is 36.5 Å². The largest absolute Gasteiger partial charge is 0.497 e. The molecule has 136 valence electrons. The van der Waals surface area contributed by atoms with Crippen molar-refractivity contribution < 1.29 is 9.53 Å². The van der Waals surface area contributed by atoms with Crippen molar-refractivity contribution in [2.75, 3.05) is 14.2 Å². The molecule has 1 atom stereocenters. The number of guanidine groups is 1. The van der Waals surface area contributed by atoms with Crippen LogP contribution in [0.3, 0.4) is 0 Å². The average molecular weight is 351 g/mol. The van der Waals surface area contributed by atoms with Gasteiger partial charge in [-0.15, -0.1) is 0 Å². The summed E-state index contributed by atoms with van der Waals surface area (Å²) in [6, 6.07) is 16.5. The van der Waals surface area contributed by atoms with Gasteiger partial charge in [-0.2, -0.15) is 0 Å². The van der Waals surface area contributed by atoms with Crippen LogP contribution in [0.4, 0.5) is 0 Å². The molecule has 0 bridgehead atoms. The number of amides is 1. The van der Waals surface area contributed by atoms with Crippen LogP contribution in [0.15, 0.2) is 53.5 Å². The number of aliphatic imine (C=N–C) groups is 1. The van der Waals surface area contributed by atoms with Crippen LogP contribution in [-0.2, 0) is 11.2 Å². The van der Waals surface area contributed by atoms with E-state index >= 15 is 0 Å². The van der Waals surface area contributed by atoms with Gasteiger partial charge < -0.3 is 10.5 Å². The third-order valence-electron chi connectivity index (χ3n) is 4.92. The van der Waals surface area contributed by atoms with E-state index in [1.54, 1.807) is 14.2 Å². The van der Waals surface area contributed by atoms with E-state index in [0.29, 0.717) is 12.4 Å². The first kappa shape index (κ1) is 18.0. The SMILES string of the molecule is COc1cccc(-c2cccc(CC[C@]3(C)CC(=O)N(C)C(N)=N3)c2)c1. The van der Waals surface area contributed by atoms with Crippen molar-refractivity contribution >= 4 is 11.9 Å². The van der Waals surface area contributed by atoms with Crippen molar-refractivity contribution in [1.82, 2.24) is 4.90 Å². The molecule has 26 heavy (non-hydrogen) atoms. The molecule has 0 aliphatic carbocycles. The lowest BCUT2D eigenvalue weighted by atomic mass is 9.88. The smallest absolute Gasteiger partial charge is 0.231 e. The number of nitrogens with zero attached hydrogens (tertiary/aromatic N) is 2. The molecule has 5 heteroatoms. The van der Waals surface area contributed by atoms with Crippen LogP contribution in [0, 0.1) is 0 Å². The van der Waals surface area contributed by atoms with E-state index in [2.05, 4.69) is 35.3 Å². The van der Waals surface area contributed by atoms with Gasteiger partial charge >= 0.3 is 0 Å². The maximum atomic E-state index is 12.1. The van der Waals surface area contributed by atoms with E-state index in [1.165, 1.54) is 10.5 Å². The summed E-state index contributed by atoms with van der Waals surface area (Å²) in [5.41, 5.74) is 8.92. The predicted octanol–water partition coefficient (Wildman–Crippen LogP) is 3.23. The zero-order valence-electron chi connectivity index (χ0n) is 15.5. The van der Waals surface area contributed by atoms with Gasteiger partial charge in [-0.25, -0.2) is 4.99 Å². The molecule has 1 aliphatic rings. The normalized spacial score (nSPS) is 20.0. The van der Waals surface area contributed by atoms with E-state index in [4.69, 9.17) is 10.5 Å². The molecule has 1 aliphatic heterocycles. The molecule has 2 N–H and O–H groups in total. The van der Waals surface area contributed by atoms with E-state index < -0.39 is 5.54 Å². The van der Waals surface area contributed by atoms with E-state index in [1.807, 2.05) is 25.1 Å². The third-order valence-corrected chi connectivity index (χ3v) is 4.92. The van der Waals surface area contributed by atoms with E-state index in [9.17, 15) is 4.79 Å². The summed E-state index contributed by atoms with van der Waals surface area (Å²) in [7, 11) is 3.34. The Morgan fingerprint density at radius 3 is 2.58 bits per heavy atom. The second-order valence-electron chi connectivity index (χ2n) is 7.03. The van der Waals surface area contributed by atoms with Gasteiger partial charge in [0.25, 0.3) is 0 Å². The highest BCUT2D eigenvalue weighted by atomic mass is 16.5. The monoisotopic (exact) mass is 351 g/mol. The Kier molecular flexibility index (Phi) is 4.98. The molecule has 2 aromatic rings. The number of aryl methyl sites for hydroxylation is 1. The first-order chi connectivity index (χ1) is 12.4. The molecular formula is C21H25N3O2. The van der Waals surface area contributed by atoms with E-state index in [-0.39, 0.29) is 5.91 Å². The number of nitrogens with two attached hydrogens (primary N) is 1. The van der Waals surface area contributed by atoms with Gasteiger partial charge in [0.2, 0.25) is 5.91 Å². The molecule has 3 rings (SSSR count). The number of methoxy groups -OCH3 is 1. The molecular weight excluding hydrogens is 326 g/mol. The summed E-state index contributed by atoms with van der Waals surface area (Å²) in [4.78, 5) is 18.1. The first-order valence-electron chi connectivity index (χ1n) is 8.75. The van der Waals surface area contributed by atoms with Gasteiger partial charge in [0.1, 0.15) is 5.75 Å². The van der Waals surface area contributed by atoms with Crippen molar-refractivity contribution in [2.24, 2.45) is 10.7 Å². The summed E-state index contributed by atoms with van der Waals surface area (Å²) < 4.78 is 5.31. The zero-order chi connectivity index (χ0) is 18.7. The Balaban J connectivity index is 1.76. The van der Waals surface area contributed by atoms with Crippen molar-refractivity contribution in [2.45, 2.75) is 31.7 Å². The number of ether oxygens (including phenoxy) is 1. The fourth-order valence-corrected chi connectivity index (χ4v) is 3.23. The number of carbonyl (C=O) groups is 1. The minimum atomic E-state index is -0.445. The average Bonchev–Trinajstić information content (AvgIpc) is 2.65. The molecule has 0 fully saturated rings. The van der Waals surface area contributed by atoms with Crippen molar-refractivity contribution in [3.05, 3.63) is 54.1 Å². The maximum Gasteiger partial charge on any atom is 0.231 e. The maximum absolute atomic E-state index is 12.1. The van der Waals surface area contributed by atoms with Crippen molar-refractivity contribution in [1.29, 1.82) is 0 Å². The lowest BCUT2D eigenvalue weighted by molar-refractivity contribution is -0.128. The molecule has 0 saturated carbocycles. The number of hydrogen-bond acceptors (Lipinski definition) is 4. The zero-order valence-corrected chi connectivity index (χ0v) is 15.5. The highest BCUT2D eigenvalue weighted by Gasteiger charge is 2.34. The minimum Gasteiger partial charge on any atom is -0.497 e. The van der Waals surface area contributed by atoms with Gasteiger partial charge in [0, 0.05) is 7.05 Å². The number of rotatable bonds is 5. The second-order valence-corrected chi connectivity index (χ2v) is 7.03. The predicted molar refractivity (Wildman–Crippen MR) is 104 cm³/mol. The molecule has 0 saturated heterocycles. The number of hydrogen-bond donors (Lipinski definition) is 1. The van der Waals surface area contributed by atoms with Crippen LogP contribution in [0.5, 0.6) is 5.75 Å². The molecule has 1 heterocycles. The lowest BCUT2D eigenvalue weighted by Gasteiger charge is -2.33. The minimum absolute atomic E-state index is 0.0186. The molecule has 0 radical (unpaired) electrons. The lowest BCUT2D eigenvalue weighted by Crippen LogP contribution is -2.48. The fourth-order valence-electron chi connectivity index (χ4n) is 3.23. The van der Waals surface area contributed by atoms with Crippen LogP contribution in [0.25, 0.3) is 11.1 Å². The first-order valence-corrected chi connectivity index (χ1v) is 8.75.